The maximum Gasteiger partial charge on any atom is 0.176 e. The average molecular weight is 290 g/mol. The topological polar surface area (TPSA) is 64.7 Å². The molecule has 4 nitrogen and oxygen atoms in total. The van der Waals surface area contributed by atoms with E-state index in [1.54, 1.807) is 7.11 Å². The Balaban J connectivity index is 3.29. The van der Waals surface area contributed by atoms with Crippen molar-refractivity contribution in [2.45, 2.75) is 19.4 Å². The van der Waals surface area contributed by atoms with Crippen LogP contribution in [0.15, 0.2) is 10.5 Å². The van der Waals surface area contributed by atoms with Gasteiger partial charge in [-0.3, -0.25) is 0 Å². The van der Waals surface area contributed by atoms with Gasteiger partial charge in [-0.05, 0) is 35.3 Å². The second kappa shape index (κ2) is 5.41. The number of phenolic OH excluding ortho intramolecular Hbond substituents is 1. The number of rotatable bonds is 4. The first-order valence-electron chi connectivity index (χ1n) is 4.89. The van der Waals surface area contributed by atoms with Gasteiger partial charge in [0.1, 0.15) is 10.2 Å². The van der Waals surface area contributed by atoms with Gasteiger partial charge in [0, 0.05) is 11.6 Å². The molecule has 1 unspecified atom stereocenters. The lowest BCUT2D eigenvalue weighted by molar-refractivity contribution is 0.358. The molecular formula is C11H16BrNO3. The van der Waals surface area contributed by atoms with E-state index in [0.717, 1.165) is 5.56 Å². The number of aromatic hydroxyl groups is 1. The van der Waals surface area contributed by atoms with Crippen molar-refractivity contribution in [2.24, 2.45) is 5.73 Å². The molecule has 0 aromatic heterocycles. The van der Waals surface area contributed by atoms with E-state index in [9.17, 15) is 5.11 Å². The SMILES string of the molecule is COc1cc(CC(C)N)c(OC)c(O)c1Br. The average Bonchev–Trinajstić information content (AvgIpc) is 2.23. The maximum atomic E-state index is 9.91. The van der Waals surface area contributed by atoms with Gasteiger partial charge in [0.25, 0.3) is 0 Å². The van der Waals surface area contributed by atoms with E-state index in [1.807, 2.05) is 13.0 Å². The summed E-state index contributed by atoms with van der Waals surface area (Å²) in [5.41, 5.74) is 6.57. The van der Waals surface area contributed by atoms with Crippen molar-refractivity contribution < 1.29 is 14.6 Å². The fourth-order valence-electron chi connectivity index (χ4n) is 1.53. The second-order valence-corrected chi connectivity index (χ2v) is 4.41. The molecule has 0 fully saturated rings. The largest absolute Gasteiger partial charge is 0.503 e. The summed E-state index contributed by atoms with van der Waals surface area (Å²) in [4.78, 5) is 0. The quantitative estimate of drug-likeness (QED) is 0.891. The van der Waals surface area contributed by atoms with E-state index >= 15 is 0 Å². The first-order chi connectivity index (χ1) is 7.51. The Kier molecular flexibility index (Phi) is 4.44. The summed E-state index contributed by atoms with van der Waals surface area (Å²) in [5.74, 6) is 1.04. The number of methoxy groups -OCH3 is 2. The fraction of sp³-hybridized carbons (Fsp3) is 0.455. The number of hydrogen-bond acceptors (Lipinski definition) is 4. The first-order valence-corrected chi connectivity index (χ1v) is 5.68. The summed E-state index contributed by atoms with van der Waals surface area (Å²) in [7, 11) is 3.06. The highest BCUT2D eigenvalue weighted by atomic mass is 79.9. The molecule has 5 heteroatoms. The number of hydrogen-bond donors (Lipinski definition) is 2. The molecule has 0 amide bonds. The predicted molar refractivity (Wildman–Crippen MR) is 66.3 cm³/mol. The fourth-order valence-corrected chi connectivity index (χ4v) is 1.99. The molecule has 3 N–H and O–H groups in total. The molecule has 0 saturated heterocycles. The molecule has 90 valence electrons. The smallest absolute Gasteiger partial charge is 0.176 e. The van der Waals surface area contributed by atoms with Gasteiger partial charge in [-0.15, -0.1) is 0 Å². The summed E-state index contributed by atoms with van der Waals surface area (Å²) in [6.07, 6.45) is 0.611. The third-order valence-electron chi connectivity index (χ3n) is 2.20. The van der Waals surface area contributed by atoms with Gasteiger partial charge >= 0.3 is 0 Å². The number of nitrogens with two attached hydrogens (primary N) is 1. The van der Waals surface area contributed by atoms with Crippen LogP contribution < -0.4 is 15.2 Å². The zero-order chi connectivity index (χ0) is 12.3. The van der Waals surface area contributed by atoms with E-state index < -0.39 is 0 Å². The van der Waals surface area contributed by atoms with E-state index in [2.05, 4.69) is 15.9 Å². The maximum absolute atomic E-state index is 9.91. The Morgan fingerprint density at radius 2 is 2.06 bits per heavy atom. The van der Waals surface area contributed by atoms with Gasteiger partial charge in [-0.1, -0.05) is 0 Å². The molecule has 1 aromatic rings. The number of phenols is 1. The molecule has 0 aliphatic heterocycles. The number of benzene rings is 1. The van der Waals surface area contributed by atoms with E-state index in [4.69, 9.17) is 15.2 Å². The normalized spacial score (nSPS) is 12.3. The highest BCUT2D eigenvalue weighted by molar-refractivity contribution is 9.10. The van der Waals surface area contributed by atoms with Crippen molar-refractivity contribution >= 4 is 15.9 Å². The second-order valence-electron chi connectivity index (χ2n) is 3.62. The van der Waals surface area contributed by atoms with Crippen molar-refractivity contribution in [1.29, 1.82) is 0 Å². The first kappa shape index (κ1) is 13.1. The molecule has 1 atom stereocenters. The summed E-state index contributed by atoms with van der Waals surface area (Å²) < 4.78 is 10.8. The third kappa shape index (κ3) is 2.59. The Morgan fingerprint density at radius 3 is 2.50 bits per heavy atom. The van der Waals surface area contributed by atoms with Crippen molar-refractivity contribution in [3.63, 3.8) is 0 Å². The Labute approximate surface area is 103 Å². The Bertz CT molecular complexity index is 380. The van der Waals surface area contributed by atoms with Crippen LogP contribution in [0.25, 0.3) is 0 Å². The van der Waals surface area contributed by atoms with Crippen LogP contribution in [0.1, 0.15) is 12.5 Å². The lowest BCUT2D eigenvalue weighted by Crippen LogP contribution is -2.18. The minimum absolute atomic E-state index is 0.0146. The zero-order valence-corrected chi connectivity index (χ0v) is 11.2. The van der Waals surface area contributed by atoms with Crippen molar-refractivity contribution in [3.8, 4) is 17.2 Å². The molecule has 0 aliphatic rings. The van der Waals surface area contributed by atoms with Crippen LogP contribution >= 0.6 is 15.9 Å². The van der Waals surface area contributed by atoms with E-state index in [1.165, 1.54) is 7.11 Å². The van der Waals surface area contributed by atoms with Gasteiger partial charge in [-0.25, -0.2) is 0 Å². The molecule has 0 saturated carbocycles. The van der Waals surface area contributed by atoms with Crippen molar-refractivity contribution in [3.05, 3.63) is 16.1 Å². The van der Waals surface area contributed by atoms with Crippen LogP contribution in [-0.2, 0) is 6.42 Å². The lowest BCUT2D eigenvalue weighted by Gasteiger charge is -2.15. The molecular weight excluding hydrogens is 274 g/mol. The van der Waals surface area contributed by atoms with Gasteiger partial charge in [-0.2, -0.15) is 0 Å². The Morgan fingerprint density at radius 1 is 1.44 bits per heavy atom. The summed E-state index contributed by atoms with van der Waals surface area (Å²) in [6.45, 7) is 1.89. The van der Waals surface area contributed by atoms with Crippen LogP contribution in [-0.4, -0.2) is 25.4 Å². The minimum atomic E-state index is -0.0146. The van der Waals surface area contributed by atoms with Crippen LogP contribution in [0.5, 0.6) is 17.2 Å². The summed E-state index contributed by atoms with van der Waals surface area (Å²) in [6, 6.07) is 1.80. The standard InChI is InChI=1S/C11H16BrNO3/c1-6(13)4-7-5-8(15-2)9(12)10(14)11(7)16-3/h5-6,14H,4,13H2,1-3H3. The molecule has 1 aromatic carbocycles. The molecule has 1 rings (SSSR count). The van der Waals surface area contributed by atoms with Crippen LogP contribution in [0.4, 0.5) is 0 Å². The molecule has 16 heavy (non-hydrogen) atoms. The number of halogens is 1. The van der Waals surface area contributed by atoms with Gasteiger partial charge < -0.3 is 20.3 Å². The Hall–Kier alpha value is -0.940. The van der Waals surface area contributed by atoms with Gasteiger partial charge in [0.05, 0.1) is 14.2 Å². The zero-order valence-electron chi connectivity index (χ0n) is 9.58. The minimum Gasteiger partial charge on any atom is -0.503 e. The van der Waals surface area contributed by atoms with Crippen LogP contribution in [0.2, 0.25) is 0 Å². The highest BCUT2D eigenvalue weighted by Crippen LogP contribution is 2.43. The van der Waals surface area contributed by atoms with E-state index in [-0.39, 0.29) is 11.8 Å². The van der Waals surface area contributed by atoms with Gasteiger partial charge in [0.15, 0.2) is 11.5 Å². The predicted octanol–water partition coefficient (Wildman–Crippen LogP) is 2.06. The van der Waals surface area contributed by atoms with Gasteiger partial charge in [0.2, 0.25) is 0 Å². The van der Waals surface area contributed by atoms with Crippen molar-refractivity contribution in [2.75, 3.05) is 14.2 Å². The molecule has 0 spiro atoms. The van der Waals surface area contributed by atoms with Crippen LogP contribution in [0.3, 0.4) is 0 Å². The molecule has 0 radical (unpaired) electrons. The highest BCUT2D eigenvalue weighted by Gasteiger charge is 2.17. The monoisotopic (exact) mass is 289 g/mol. The summed E-state index contributed by atoms with van der Waals surface area (Å²) in [5, 5.41) is 9.91. The molecule has 0 aliphatic carbocycles. The molecule has 0 bridgehead atoms. The third-order valence-corrected chi connectivity index (χ3v) is 2.97. The summed E-state index contributed by atoms with van der Waals surface area (Å²) >= 11 is 3.25. The number of ether oxygens (including phenoxy) is 2. The van der Waals surface area contributed by atoms with E-state index in [0.29, 0.717) is 22.4 Å². The lowest BCUT2D eigenvalue weighted by atomic mass is 10.1. The molecule has 0 heterocycles. The van der Waals surface area contributed by atoms with Crippen molar-refractivity contribution in [1.82, 2.24) is 0 Å². The van der Waals surface area contributed by atoms with Crippen LogP contribution in [0, 0.1) is 0 Å².